The topological polar surface area (TPSA) is 109 Å². The predicted molar refractivity (Wildman–Crippen MR) is 150 cm³/mol. The molecule has 0 fully saturated rings. The lowest BCUT2D eigenvalue weighted by atomic mass is 10.0. The molecule has 41 heavy (non-hydrogen) atoms. The second-order valence-corrected chi connectivity index (χ2v) is 10.3. The van der Waals surface area contributed by atoms with E-state index in [1.807, 2.05) is 30.3 Å². The number of rotatable bonds is 12. The van der Waals surface area contributed by atoms with Crippen molar-refractivity contribution in [2.45, 2.75) is 32.6 Å². The average molecular weight is 573 g/mol. The zero-order valence-electron chi connectivity index (χ0n) is 22.1. The summed E-state index contributed by atoms with van der Waals surface area (Å²) in [5, 5.41) is 0. The van der Waals surface area contributed by atoms with E-state index in [2.05, 4.69) is 9.97 Å². The summed E-state index contributed by atoms with van der Waals surface area (Å²) in [4.78, 5) is 45.8. The number of fused-ring (bicyclic) bond motifs is 1. The molecule has 0 aliphatic carbocycles. The summed E-state index contributed by atoms with van der Waals surface area (Å²) in [6.07, 6.45) is 2.87. The highest BCUT2D eigenvalue weighted by Gasteiger charge is 2.18. The fraction of sp³-hybridized carbons (Fsp3) is 0.194. The van der Waals surface area contributed by atoms with Crippen LogP contribution in [0.1, 0.15) is 30.2 Å². The van der Waals surface area contributed by atoms with Gasteiger partial charge in [0, 0.05) is 25.1 Å². The van der Waals surface area contributed by atoms with Crippen molar-refractivity contribution in [3.8, 4) is 22.3 Å². The molecule has 0 aliphatic heterocycles. The summed E-state index contributed by atoms with van der Waals surface area (Å²) in [5.74, 6) is -0.799. The van der Waals surface area contributed by atoms with Crippen molar-refractivity contribution in [2.24, 2.45) is 0 Å². The lowest BCUT2D eigenvalue weighted by Gasteiger charge is -2.09. The number of carbonyl (C=O) groups is 3. The number of Topliss-reactive ketones (excluding diaryl/α,β-unsaturated/α-hetero) is 2. The second kappa shape index (κ2) is 12.6. The summed E-state index contributed by atoms with van der Waals surface area (Å²) in [7, 11) is 0. The molecule has 0 spiro atoms. The number of halogens is 1. The van der Waals surface area contributed by atoms with Crippen molar-refractivity contribution in [1.82, 2.24) is 9.97 Å². The van der Waals surface area contributed by atoms with E-state index in [-0.39, 0.29) is 49.6 Å². The highest BCUT2D eigenvalue weighted by Crippen LogP contribution is 2.39. The summed E-state index contributed by atoms with van der Waals surface area (Å²) >= 11 is 1.30. The minimum absolute atomic E-state index is 0.000287. The third-order valence-electron chi connectivity index (χ3n) is 6.03. The molecule has 2 aromatic carbocycles. The number of pyridine rings is 1. The maximum Gasteiger partial charge on any atom is 0.311 e. The number of aromatic nitrogens is 2. The Kier molecular flexibility index (Phi) is 8.59. The Balaban J connectivity index is 1.25. The largest absolute Gasteiger partial charge is 0.466 e. The summed E-state index contributed by atoms with van der Waals surface area (Å²) < 4.78 is 32.0. The van der Waals surface area contributed by atoms with Gasteiger partial charge in [-0.15, -0.1) is 11.3 Å². The minimum atomic E-state index is -0.635. The van der Waals surface area contributed by atoms with Crippen LogP contribution in [0.15, 0.2) is 77.5 Å². The molecule has 3 aromatic heterocycles. The minimum Gasteiger partial charge on any atom is -0.466 e. The van der Waals surface area contributed by atoms with Crippen LogP contribution in [0.5, 0.6) is 11.5 Å². The lowest BCUT2D eigenvalue weighted by molar-refractivity contribution is -0.142. The van der Waals surface area contributed by atoms with Crippen molar-refractivity contribution in [3.05, 3.63) is 95.8 Å². The Labute approximate surface area is 238 Å². The van der Waals surface area contributed by atoms with Crippen LogP contribution in [-0.4, -0.2) is 34.1 Å². The van der Waals surface area contributed by atoms with Gasteiger partial charge in [0.2, 0.25) is 5.89 Å². The van der Waals surface area contributed by atoms with Crippen molar-refractivity contribution in [1.29, 1.82) is 0 Å². The van der Waals surface area contributed by atoms with Crippen LogP contribution >= 0.6 is 11.3 Å². The van der Waals surface area contributed by atoms with Gasteiger partial charge in [-0.2, -0.15) is 0 Å². The number of hydrogen-bond acceptors (Lipinski definition) is 9. The zero-order valence-corrected chi connectivity index (χ0v) is 22.9. The van der Waals surface area contributed by atoms with Gasteiger partial charge in [-0.25, -0.2) is 9.37 Å². The molecule has 3 heterocycles. The normalized spacial score (nSPS) is 11.0. The van der Waals surface area contributed by atoms with E-state index in [4.69, 9.17) is 13.9 Å². The third kappa shape index (κ3) is 7.09. The lowest BCUT2D eigenvalue weighted by Crippen LogP contribution is -2.12. The van der Waals surface area contributed by atoms with Gasteiger partial charge < -0.3 is 13.9 Å². The van der Waals surface area contributed by atoms with Gasteiger partial charge in [-0.05, 0) is 36.2 Å². The second-order valence-electron chi connectivity index (χ2n) is 9.22. The van der Waals surface area contributed by atoms with Crippen LogP contribution in [0.2, 0.25) is 0 Å². The quantitative estimate of drug-likeness (QED) is 0.127. The first kappa shape index (κ1) is 27.9. The molecule has 0 N–H and O–H groups in total. The number of carbonyl (C=O) groups excluding carboxylic acids is 3. The number of thiophene rings is 1. The van der Waals surface area contributed by atoms with Crippen molar-refractivity contribution < 1.29 is 32.7 Å². The Morgan fingerprint density at radius 1 is 0.927 bits per heavy atom. The number of ether oxygens (including phenoxy) is 2. The smallest absolute Gasteiger partial charge is 0.311 e. The van der Waals surface area contributed by atoms with Gasteiger partial charge in [0.25, 0.3) is 0 Å². The number of hydrogen-bond donors (Lipinski definition) is 0. The standard InChI is InChI=1S/C31H25FN2O6S/c1-2-38-29(37)15-21-18-39-31(34-21)28-17-25-30(41-28)27(10-11-33-25)40-26-9-8-20(14-24(26)32)13-23(36)16-22(35)12-19-6-4-3-5-7-19/h3-11,14,17-18H,2,12-13,15-16H2,1H3. The number of nitrogens with zero attached hydrogens (tertiary/aromatic N) is 2. The van der Waals surface area contributed by atoms with E-state index >= 15 is 0 Å². The van der Waals surface area contributed by atoms with Gasteiger partial charge in [-0.1, -0.05) is 36.4 Å². The monoisotopic (exact) mass is 572 g/mol. The van der Waals surface area contributed by atoms with Crippen LogP contribution < -0.4 is 4.74 Å². The molecule has 0 radical (unpaired) electrons. The highest BCUT2D eigenvalue weighted by molar-refractivity contribution is 7.22. The van der Waals surface area contributed by atoms with E-state index in [9.17, 15) is 18.8 Å². The third-order valence-corrected chi connectivity index (χ3v) is 7.15. The van der Waals surface area contributed by atoms with Crippen LogP contribution in [-0.2, 0) is 38.4 Å². The summed E-state index contributed by atoms with van der Waals surface area (Å²) in [6.45, 7) is 2.02. The van der Waals surface area contributed by atoms with Gasteiger partial charge in [0.15, 0.2) is 11.6 Å². The highest BCUT2D eigenvalue weighted by atomic mass is 32.1. The van der Waals surface area contributed by atoms with Gasteiger partial charge >= 0.3 is 5.97 Å². The maximum atomic E-state index is 15.0. The number of esters is 1. The molecular weight excluding hydrogens is 547 g/mol. The molecule has 0 unspecified atom stereocenters. The number of ketones is 2. The molecule has 5 rings (SSSR count). The first-order valence-corrected chi connectivity index (χ1v) is 13.7. The maximum absolute atomic E-state index is 15.0. The molecule has 0 atom stereocenters. The zero-order chi connectivity index (χ0) is 28.8. The molecule has 0 aliphatic rings. The first-order chi connectivity index (χ1) is 19.9. The van der Waals surface area contributed by atoms with Crippen molar-refractivity contribution in [2.75, 3.05) is 6.61 Å². The number of oxazole rings is 1. The van der Waals surface area contributed by atoms with E-state index in [1.54, 1.807) is 31.3 Å². The van der Waals surface area contributed by atoms with E-state index < -0.39 is 11.8 Å². The predicted octanol–water partition coefficient (Wildman–Crippen LogP) is 6.30. The van der Waals surface area contributed by atoms with Crippen LogP contribution in [0.3, 0.4) is 0 Å². The van der Waals surface area contributed by atoms with Crippen molar-refractivity contribution >= 4 is 39.1 Å². The number of benzene rings is 2. The molecule has 8 nitrogen and oxygen atoms in total. The summed E-state index contributed by atoms with van der Waals surface area (Å²) in [5.41, 5.74) is 2.35. The SMILES string of the molecule is CCOC(=O)Cc1coc(-c2cc3nccc(Oc4ccc(CC(=O)CC(=O)Cc5ccccc5)cc4F)c3s2)n1. The average Bonchev–Trinajstić information content (AvgIpc) is 3.58. The first-order valence-electron chi connectivity index (χ1n) is 12.9. The Morgan fingerprint density at radius 2 is 1.71 bits per heavy atom. The molecule has 0 amide bonds. The van der Waals surface area contributed by atoms with Crippen LogP contribution in [0.25, 0.3) is 21.0 Å². The molecular formula is C31H25FN2O6S. The van der Waals surface area contributed by atoms with E-state index in [0.717, 1.165) is 5.56 Å². The molecule has 0 saturated carbocycles. The van der Waals surface area contributed by atoms with E-state index in [0.29, 0.717) is 38.0 Å². The Morgan fingerprint density at radius 3 is 2.46 bits per heavy atom. The molecule has 0 saturated heterocycles. The van der Waals surface area contributed by atoms with Crippen molar-refractivity contribution in [3.63, 3.8) is 0 Å². The molecule has 0 bridgehead atoms. The molecule has 10 heteroatoms. The fourth-order valence-electron chi connectivity index (χ4n) is 4.21. The fourth-order valence-corrected chi connectivity index (χ4v) is 5.21. The van der Waals surface area contributed by atoms with Gasteiger partial charge in [-0.3, -0.25) is 19.4 Å². The Hall–Kier alpha value is -4.70. The Bertz CT molecular complexity index is 1710. The molecule has 5 aromatic rings. The molecule has 208 valence electrons. The van der Waals surface area contributed by atoms with Gasteiger partial charge in [0.1, 0.15) is 23.6 Å². The van der Waals surface area contributed by atoms with Crippen LogP contribution in [0.4, 0.5) is 4.39 Å². The summed E-state index contributed by atoms with van der Waals surface area (Å²) in [6, 6.07) is 16.9. The van der Waals surface area contributed by atoms with E-state index in [1.165, 1.54) is 29.7 Å². The van der Waals surface area contributed by atoms with Gasteiger partial charge in [0.05, 0.1) is 40.2 Å². The van der Waals surface area contributed by atoms with Crippen LogP contribution in [0, 0.1) is 5.82 Å².